The van der Waals surface area contributed by atoms with E-state index in [2.05, 4.69) is 17.4 Å². The lowest BCUT2D eigenvalue weighted by atomic mass is 9.94. The van der Waals surface area contributed by atoms with E-state index in [1.54, 1.807) is 0 Å². The molecule has 2 nitrogen and oxygen atoms in total. The van der Waals surface area contributed by atoms with E-state index < -0.39 is 0 Å². The van der Waals surface area contributed by atoms with E-state index in [1.807, 2.05) is 39.0 Å². The fourth-order valence-corrected chi connectivity index (χ4v) is 1.99. The first-order valence-corrected chi connectivity index (χ1v) is 5.82. The van der Waals surface area contributed by atoms with Crippen LogP contribution < -0.4 is 5.32 Å². The van der Waals surface area contributed by atoms with Gasteiger partial charge in [0.15, 0.2) is 0 Å². The molecule has 1 aliphatic carbocycles. The highest BCUT2D eigenvalue weighted by Crippen LogP contribution is 2.48. The highest BCUT2D eigenvalue weighted by atomic mass is 16.2. The maximum atomic E-state index is 12.2. The summed E-state index contributed by atoms with van der Waals surface area (Å²) in [4.78, 5) is 12.2. The normalized spacial score (nSPS) is 17.9. The molecule has 0 bridgehead atoms. The van der Waals surface area contributed by atoms with Crippen molar-refractivity contribution in [2.75, 3.05) is 0 Å². The molecule has 1 N–H and O–H groups in total. The predicted octanol–water partition coefficient (Wildman–Crippen LogP) is 2.63. The molecule has 0 heterocycles. The Morgan fingerprint density at radius 1 is 1.19 bits per heavy atom. The highest BCUT2D eigenvalue weighted by molar-refractivity contribution is 5.91. The van der Waals surface area contributed by atoms with Crippen LogP contribution in [0.5, 0.6) is 0 Å². The average Bonchev–Trinajstić information content (AvgIpc) is 2.97. The molecule has 0 atom stereocenters. The van der Waals surface area contributed by atoms with Gasteiger partial charge in [-0.15, -0.1) is 0 Å². The van der Waals surface area contributed by atoms with Gasteiger partial charge in [0.1, 0.15) is 0 Å². The lowest BCUT2D eigenvalue weighted by Gasteiger charge is -2.25. The van der Waals surface area contributed by atoms with Gasteiger partial charge in [-0.2, -0.15) is 0 Å². The molecule has 1 aliphatic rings. The van der Waals surface area contributed by atoms with Crippen LogP contribution in [0.4, 0.5) is 0 Å². The number of hydrogen-bond donors (Lipinski definition) is 1. The molecule has 86 valence electrons. The first kappa shape index (κ1) is 11.2. The van der Waals surface area contributed by atoms with Crippen LogP contribution in [0.1, 0.15) is 39.2 Å². The second-order valence-electron chi connectivity index (χ2n) is 5.65. The SMILES string of the molecule is CC(C)(C)NC(=O)C1(c2ccccc2)CC1. The molecule has 2 heteroatoms. The molecule has 1 saturated carbocycles. The van der Waals surface area contributed by atoms with Crippen molar-refractivity contribution >= 4 is 5.91 Å². The fourth-order valence-electron chi connectivity index (χ4n) is 1.99. The average molecular weight is 217 g/mol. The zero-order chi connectivity index (χ0) is 11.8. The number of benzene rings is 1. The Bertz CT molecular complexity index is 385. The van der Waals surface area contributed by atoms with Gasteiger partial charge in [-0.3, -0.25) is 4.79 Å². The Hall–Kier alpha value is -1.31. The minimum atomic E-state index is -0.242. The zero-order valence-electron chi connectivity index (χ0n) is 10.2. The van der Waals surface area contributed by atoms with Gasteiger partial charge >= 0.3 is 0 Å². The van der Waals surface area contributed by atoms with Gasteiger partial charge in [0, 0.05) is 5.54 Å². The van der Waals surface area contributed by atoms with Gasteiger partial charge in [-0.05, 0) is 39.2 Å². The number of hydrogen-bond acceptors (Lipinski definition) is 1. The van der Waals surface area contributed by atoms with Crippen molar-refractivity contribution in [1.29, 1.82) is 0 Å². The molecule has 1 aromatic carbocycles. The summed E-state index contributed by atoms with van der Waals surface area (Å²) in [5.74, 6) is 0.172. The number of carbonyl (C=O) groups excluding carboxylic acids is 1. The molecule has 0 saturated heterocycles. The maximum Gasteiger partial charge on any atom is 0.231 e. The summed E-state index contributed by atoms with van der Waals surface area (Å²) in [5.41, 5.74) is 0.757. The van der Waals surface area contributed by atoms with Crippen molar-refractivity contribution in [2.45, 2.75) is 44.6 Å². The second kappa shape index (κ2) is 3.62. The van der Waals surface area contributed by atoms with E-state index in [-0.39, 0.29) is 16.9 Å². The van der Waals surface area contributed by atoms with E-state index in [0.29, 0.717) is 0 Å². The summed E-state index contributed by atoms with van der Waals surface area (Å²) in [6.45, 7) is 6.06. The van der Waals surface area contributed by atoms with Crippen LogP contribution >= 0.6 is 0 Å². The van der Waals surface area contributed by atoms with Crippen LogP contribution in [0, 0.1) is 0 Å². The molecule has 16 heavy (non-hydrogen) atoms. The molecule has 0 spiro atoms. The monoisotopic (exact) mass is 217 g/mol. The van der Waals surface area contributed by atoms with Gasteiger partial charge in [0.25, 0.3) is 0 Å². The smallest absolute Gasteiger partial charge is 0.231 e. The number of amides is 1. The van der Waals surface area contributed by atoms with E-state index in [0.717, 1.165) is 18.4 Å². The summed E-state index contributed by atoms with van der Waals surface area (Å²) < 4.78 is 0. The van der Waals surface area contributed by atoms with Crippen molar-refractivity contribution in [3.8, 4) is 0 Å². The largest absolute Gasteiger partial charge is 0.351 e. The molecule has 0 aromatic heterocycles. The van der Waals surface area contributed by atoms with Crippen LogP contribution in [-0.2, 0) is 10.2 Å². The minimum absolute atomic E-state index is 0.151. The van der Waals surface area contributed by atoms with Crippen LogP contribution in [0.15, 0.2) is 30.3 Å². The second-order valence-corrected chi connectivity index (χ2v) is 5.65. The molecule has 2 rings (SSSR count). The van der Waals surface area contributed by atoms with E-state index in [9.17, 15) is 4.79 Å². The molecular weight excluding hydrogens is 198 g/mol. The summed E-state index contributed by atoms with van der Waals surface area (Å²) in [7, 11) is 0. The Morgan fingerprint density at radius 2 is 1.75 bits per heavy atom. The third-order valence-electron chi connectivity index (χ3n) is 3.00. The van der Waals surface area contributed by atoms with Gasteiger partial charge < -0.3 is 5.32 Å². The van der Waals surface area contributed by atoms with Crippen molar-refractivity contribution in [3.05, 3.63) is 35.9 Å². The standard InChI is InChI=1S/C14H19NO/c1-13(2,3)15-12(16)14(9-10-14)11-7-5-4-6-8-11/h4-8H,9-10H2,1-3H3,(H,15,16). The van der Waals surface area contributed by atoms with E-state index in [1.165, 1.54) is 0 Å². The molecule has 0 aliphatic heterocycles. The lowest BCUT2D eigenvalue weighted by Crippen LogP contribution is -2.46. The van der Waals surface area contributed by atoms with Gasteiger partial charge in [-0.25, -0.2) is 0 Å². The molecule has 1 aromatic rings. The van der Waals surface area contributed by atoms with Crippen LogP contribution in [0.2, 0.25) is 0 Å². The Kier molecular flexibility index (Phi) is 2.53. The quantitative estimate of drug-likeness (QED) is 0.810. The van der Waals surface area contributed by atoms with E-state index in [4.69, 9.17) is 0 Å². The molecule has 1 fully saturated rings. The van der Waals surface area contributed by atoms with Crippen molar-refractivity contribution in [2.24, 2.45) is 0 Å². The van der Waals surface area contributed by atoms with Crippen LogP contribution in [0.25, 0.3) is 0 Å². The fraction of sp³-hybridized carbons (Fsp3) is 0.500. The third kappa shape index (κ3) is 2.11. The molecule has 1 amide bonds. The van der Waals surface area contributed by atoms with E-state index >= 15 is 0 Å². The topological polar surface area (TPSA) is 29.1 Å². The zero-order valence-corrected chi connectivity index (χ0v) is 10.2. The first-order valence-electron chi connectivity index (χ1n) is 5.82. The van der Waals surface area contributed by atoms with Crippen molar-refractivity contribution in [3.63, 3.8) is 0 Å². The third-order valence-corrected chi connectivity index (χ3v) is 3.00. The molecular formula is C14H19NO. The van der Waals surface area contributed by atoms with Gasteiger partial charge in [0.05, 0.1) is 5.41 Å². The summed E-state index contributed by atoms with van der Waals surface area (Å²) >= 11 is 0. The maximum absolute atomic E-state index is 12.2. The van der Waals surface area contributed by atoms with Crippen LogP contribution in [-0.4, -0.2) is 11.4 Å². The summed E-state index contributed by atoms with van der Waals surface area (Å²) in [5, 5.41) is 3.08. The summed E-state index contributed by atoms with van der Waals surface area (Å²) in [6.07, 6.45) is 1.94. The number of nitrogens with one attached hydrogen (secondary N) is 1. The lowest BCUT2D eigenvalue weighted by molar-refractivity contribution is -0.125. The molecule has 0 radical (unpaired) electrons. The molecule has 0 unspecified atom stereocenters. The number of carbonyl (C=O) groups is 1. The van der Waals surface area contributed by atoms with Gasteiger partial charge in [0.2, 0.25) is 5.91 Å². The van der Waals surface area contributed by atoms with Gasteiger partial charge in [-0.1, -0.05) is 30.3 Å². The Morgan fingerprint density at radius 3 is 2.19 bits per heavy atom. The Labute approximate surface area is 97.1 Å². The minimum Gasteiger partial charge on any atom is -0.351 e. The predicted molar refractivity (Wildman–Crippen MR) is 65.2 cm³/mol. The first-order chi connectivity index (χ1) is 7.44. The van der Waals surface area contributed by atoms with Crippen molar-refractivity contribution in [1.82, 2.24) is 5.32 Å². The van der Waals surface area contributed by atoms with Crippen molar-refractivity contribution < 1.29 is 4.79 Å². The highest BCUT2D eigenvalue weighted by Gasteiger charge is 2.51. The Balaban J connectivity index is 2.18. The van der Waals surface area contributed by atoms with Crippen LogP contribution in [0.3, 0.4) is 0 Å². The summed E-state index contributed by atoms with van der Waals surface area (Å²) in [6, 6.07) is 10.1. The number of rotatable bonds is 2.